The van der Waals surface area contributed by atoms with E-state index >= 15 is 0 Å². The van der Waals surface area contributed by atoms with Crippen molar-refractivity contribution in [2.24, 2.45) is 0 Å². The fourth-order valence-corrected chi connectivity index (χ4v) is 3.53. The number of amides is 1. The Morgan fingerprint density at radius 3 is 2.21 bits per heavy atom. The van der Waals surface area contributed by atoms with Crippen LogP contribution in [0, 0.1) is 0 Å². The third-order valence-corrected chi connectivity index (χ3v) is 5.63. The van der Waals surface area contributed by atoms with Gasteiger partial charge in [0.2, 0.25) is 10.0 Å². The van der Waals surface area contributed by atoms with Crippen LogP contribution in [0.3, 0.4) is 0 Å². The van der Waals surface area contributed by atoms with Crippen LogP contribution >= 0.6 is 15.9 Å². The Labute approximate surface area is 150 Å². The van der Waals surface area contributed by atoms with Crippen LogP contribution in [0.2, 0.25) is 0 Å². The van der Waals surface area contributed by atoms with Crippen molar-refractivity contribution in [2.45, 2.75) is 31.2 Å². The van der Waals surface area contributed by atoms with Crippen molar-refractivity contribution in [2.75, 3.05) is 5.32 Å². The molecule has 0 saturated heterocycles. The fraction of sp³-hybridized carbons (Fsp3) is 0.235. The molecule has 24 heavy (non-hydrogen) atoms. The monoisotopic (exact) mass is 410 g/mol. The average Bonchev–Trinajstić information content (AvgIpc) is 2.55. The SMILES string of the molecule is CCC(C)NS(=O)(=O)c1ccc(NC(=O)c2ccc(Br)cc2)cc1. The number of sulfonamides is 1. The molecule has 0 bridgehead atoms. The van der Waals surface area contributed by atoms with Gasteiger partial charge in [0.15, 0.2) is 0 Å². The van der Waals surface area contributed by atoms with Gasteiger partial charge < -0.3 is 5.32 Å². The number of nitrogens with one attached hydrogen (secondary N) is 2. The number of carbonyl (C=O) groups excluding carboxylic acids is 1. The van der Waals surface area contributed by atoms with E-state index in [1.807, 2.05) is 13.8 Å². The summed E-state index contributed by atoms with van der Waals surface area (Å²) in [4.78, 5) is 12.3. The Morgan fingerprint density at radius 2 is 1.67 bits per heavy atom. The first-order valence-electron chi connectivity index (χ1n) is 7.51. The molecular formula is C17H19BrN2O3S. The molecule has 0 spiro atoms. The van der Waals surface area contributed by atoms with E-state index in [1.165, 1.54) is 12.1 Å². The van der Waals surface area contributed by atoms with E-state index in [0.29, 0.717) is 17.7 Å². The maximum Gasteiger partial charge on any atom is 0.255 e. The highest BCUT2D eigenvalue weighted by molar-refractivity contribution is 9.10. The molecule has 0 saturated carbocycles. The van der Waals surface area contributed by atoms with Gasteiger partial charge in [0.05, 0.1) is 4.90 Å². The molecule has 7 heteroatoms. The second-order valence-corrected chi connectivity index (χ2v) is 8.05. The lowest BCUT2D eigenvalue weighted by molar-refractivity contribution is 0.102. The molecule has 2 rings (SSSR count). The van der Waals surface area contributed by atoms with Gasteiger partial charge in [-0.25, -0.2) is 13.1 Å². The zero-order valence-electron chi connectivity index (χ0n) is 13.4. The summed E-state index contributed by atoms with van der Waals surface area (Å²) in [5, 5.41) is 2.74. The zero-order valence-corrected chi connectivity index (χ0v) is 15.8. The highest BCUT2D eigenvalue weighted by Crippen LogP contribution is 2.16. The standard InChI is InChI=1S/C17H19BrN2O3S/c1-3-12(2)20-24(22,23)16-10-8-15(9-11-16)19-17(21)13-4-6-14(18)7-5-13/h4-12,20H,3H2,1-2H3,(H,19,21). The fourth-order valence-electron chi connectivity index (χ4n) is 1.94. The third kappa shape index (κ3) is 4.90. The summed E-state index contributed by atoms with van der Waals surface area (Å²) in [5.41, 5.74) is 1.05. The van der Waals surface area contributed by atoms with E-state index < -0.39 is 10.0 Å². The number of halogens is 1. The topological polar surface area (TPSA) is 75.3 Å². The molecule has 0 heterocycles. The highest BCUT2D eigenvalue weighted by atomic mass is 79.9. The molecule has 5 nitrogen and oxygen atoms in total. The highest BCUT2D eigenvalue weighted by Gasteiger charge is 2.16. The summed E-state index contributed by atoms with van der Waals surface area (Å²) in [6.45, 7) is 3.72. The van der Waals surface area contributed by atoms with Crippen molar-refractivity contribution >= 4 is 37.5 Å². The number of carbonyl (C=O) groups is 1. The van der Waals surface area contributed by atoms with Crippen LogP contribution in [0.5, 0.6) is 0 Å². The molecule has 1 amide bonds. The molecule has 0 aliphatic carbocycles. The average molecular weight is 411 g/mol. The number of rotatable bonds is 6. The van der Waals surface area contributed by atoms with Gasteiger partial charge in [-0.3, -0.25) is 4.79 Å². The molecule has 0 fully saturated rings. The molecule has 0 radical (unpaired) electrons. The van der Waals surface area contributed by atoms with Gasteiger partial charge in [-0.1, -0.05) is 22.9 Å². The van der Waals surface area contributed by atoms with Gasteiger partial charge in [0, 0.05) is 21.8 Å². The summed E-state index contributed by atoms with van der Waals surface area (Å²) in [5.74, 6) is -0.254. The van der Waals surface area contributed by atoms with Crippen molar-refractivity contribution in [3.05, 3.63) is 58.6 Å². The lowest BCUT2D eigenvalue weighted by atomic mass is 10.2. The van der Waals surface area contributed by atoms with E-state index in [9.17, 15) is 13.2 Å². The van der Waals surface area contributed by atoms with Crippen molar-refractivity contribution in [1.82, 2.24) is 4.72 Å². The Bertz CT molecular complexity index is 803. The van der Waals surface area contributed by atoms with Crippen molar-refractivity contribution in [3.63, 3.8) is 0 Å². The Hall–Kier alpha value is -1.70. The minimum Gasteiger partial charge on any atom is -0.322 e. The van der Waals surface area contributed by atoms with Crippen LogP contribution < -0.4 is 10.0 Å². The van der Waals surface area contributed by atoms with E-state index in [-0.39, 0.29) is 16.8 Å². The molecule has 0 aliphatic heterocycles. The van der Waals surface area contributed by atoms with Crippen molar-refractivity contribution in [3.8, 4) is 0 Å². The molecule has 0 aliphatic rings. The van der Waals surface area contributed by atoms with Crippen LogP contribution in [-0.2, 0) is 10.0 Å². The maximum atomic E-state index is 12.2. The van der Waals surface area contributed by atoms with Gasteiger partial charge in [-0.05, 0) is 61.9 Å². The molecule has 0 aromatic heterocycles. The van der Waals surface area contributed by atoms with Gasteiger partial charge >= 0.3 is 0 Å². The van der Waals surface area contributed by atoms with Crippen LogP contribution in [0.4, 0.5) is 5.69 Å². The van der Waals surface area contributed by atoms with Gasteiger partial charge in [0.1, 0.15) is 0 Å². The molecule has 2 aromatic rings. The summed E-state index contributed by atoms with van der Waals surface area (Å²) in [7, 11) is -3.54. The Balaban J connectivity index is 2.09. The summed E-state index contributed by atoms with van der Waals surface area (Å²) in [6.07, 6.45) is 0.709. The minimum absolute atomic E-state index is 0.133. The molecule has 2 aromatic carbocycles. The second-order valence-electron chi connectivity index (χ2n) is 5.42. The van der Waals surface area contributed by atoms with Crippen molar-refractivity contribution < 1.29 is 13.2 Å². The normalized spacial score (nSPS) is 12.6. The lowest BCUT2D eigenvalue weighted by Gasteiger charge is -2.12. The molecular weight excluding hydrogens is 392 g/mol. The molecule has 1 unspecified atom stereocenters. The number of hydrogen-bond donors (Lipinski definition) is 2. The first-order chi connectivity index (χ1) is 11.3. The van der Waals surface area contributed by atoms with Crippen LogP contribution in [0.15, 0.2) is 57.9 Å². The molecule has 2 N–H and O–H groups in total. The lowest BCUT2D eigenvalue weighted by Crippen LogP contribution is -2.31. The van der Waals surface area contributed by atoms with Crippen LogP contribution in [-0.4, -0.2) is 20.4 Å². The predicted molar refractivity (Wildman–Crippen MR) is 98.6 cm³/mol. The third-order valence-electron chi connectivity index (χ3n) is 3.50. The number of anilines is 1. The smallest absolute Gasteiger partial charge is 0.255 e. The summed E-state index contributed by atoms with van der Waals surface area (Å²) < 4.78 is 27.9. The number of hydrogen-bond acceptors (Lipinski definition) is 3. The number of benzene rings is 2. The molecule has 1 atom stereocenters. The summed E-state index contributed by atoms with van der Waals surface area (Å²) in [6, 6.07) is 12.9. The van der Waals surface area contributed by atoms with Gasteiger partial charge in [0.25, 0.3) is 5.91 Å². The van der Waals surface area contributed by atoms with E-state index in [1.54, 1.807) is 36.4 Å². The molecule has 128 valence electrons. The minimum atomic E-state index is -3.54. The quantitative estimate of drug-likeness (QED) is 0.760. The second kappa shape index (κ2) is 7.92. The summed E-state index contributed by atoms with van der Waals surface area (Å²) >= 11 is 3.32. The first kappa shape index (κ1) is 18.6. The zero-order chi connectivity index (χ0) is 17.7. The van der Waals surface area contributed by atoms with Gasteiger partial charge in [-0.2, -0.15) is 0 Å². The Kier molecular flexibility index (Phi) is 6.15. The van der Waals surface area contributed by atoms with Crippen LogP contribution in [0.1, 0.15) is 30.6 Å². The first-order valence-corrected chi connectivity index (χ1v) is 9.78. The van der Waals surface area contributed by atoms with Gasteiger partial charge in [-0.15, -0.1) is 0 Å². The Morgan fingerprint density at radius 1 is 1.08 bits per heavy atom. The predicted octanol–water partition coefficient (Wildman–Crippen LogP) is 3.78. The van der Waals surface area contributed by atoms with E-state index in [0.717, 1.165) is 4.47 Å². The van der Waals surface area contributed by atoms with Crippen molar-refractivity contribution in [1.29, 1.82) is 0 Å². The van der Waals surface area contributed by atoms with E-state index in [4.69, 9.17) is 0 Å². The van der Waals surface area contributed by atoms with E-state index in [2.05, 4.69) is 26.0 Å². The largest absolute Gasteiger partial charge is 0.322 e. The maximum absolute atomic E-state index is 12.2. The van der Waals surface area contributed by atoms with Crippen LogP contribution in [0.25, 0.3) is 0 Å².